The molecule has 0 radical (unpaired) electrons. The van der Waals surface area contributed by atoms with E-state index >= 15 is 0 Å². The molecule has 3 heterocycles. The topological polar surface area (TPSA) is 42.9 Å². The number of benzene rings is 1. The minimum absolute atomic E-state index is 0.495. The third-order valence-corrected chi connectivity index (χ3v) is 7.09. The molecule has 0 spiro atoms. The molecule has 0 saturated carbocycles. The maximum Gasteiger partial charge on any atom is 0.191 e. The van der Waals surface area contributed by atoms with Gasteiger partial charge in [0.1, 0.15) is 0 Å². The van der Waals surface area contributed by atoms with E-state index in [1.165, 1.54) is 35.5 Å². The van der Waals surface area contributed by atoms with Gasteiger partial charge in [0, 0.05) is 49.8 Å². The molecule has 2 aliphatic heterocycles. The van der Waals surface area contributed by atoms with Crippen molar-refractivity contribution in [1.82, 2.24) is 15.5 Å². The normalized spacial score (nSPS) is 22.5. The summed E-state index contributed by atoms with van der Waals surface area (Å²) in [6.07, 6.45) is 6.96. The van der Waals surface area contributed by atoms with E-state index in [1.54, 1.807) is 0 Å². The van der Waals surface area contributed by atoms with Crippen molar-refractivity contribution in [3.63, 3.8) is 0 Å². The highest BCUT2D eigenvalue weighted by Crippen LogP contribution is 2.36. The zero-order valence-corrected chi connectivity index (χ0v) is 18.9. The Hall–Kier alpha value is -2.31. The van der Waals surface area contributed by atoms with E-state index in [0.717, 1.165) is 32.1 Å². The molecule has 2 aliphatic rings. The molecule has 2 N–H and O–H groups in total. The van der Waals surface area contributed by atoms with Gasteiger partial charge in [-0.2, -0.15) is 0 Å². The minimum Gasteiger partial charge on any atom is -0.364 e. The van der Waals surface area contributed by atoms with Crippen LogP contribution in [0.25, 0.3) is 0 Å². The number of thiophene rings is 1. The molecule has 1 aromatic heterocycles. The standard InChI is InChI=1S/C24H33N5S/c1-25-24(26-17-19-8-5-10-21(16-19)29-13-3-4-14-29)27-18-20-9-6-12-28(2)23(20)22-11-7-15-30-22/h3-5,7-8,10-11,15-16,20,23H,6,9,12-14,17-18H2,1-2H3,(H2,25,26,27). The van der Waals surface area contributed by atoms with E-state index in [-0.39, 0.29) is 0 Å². The molecule has 2 atom stereocenters. The van der Waals surface area contributed by atoms with E-state index in [4.69, 9.17) is 0 Å². The van der Waals surface area contributed by atoms with Crippen LogP contribution in [0.1, 0.15) is 29.3 Å². The lowest BCUT2D eigenvalue weighted by atomic mass is 9.88. The Morgan fingerprint density at radius 3 is 2.80 bits per heavy atom. The molecule has 0 amide bonds. The molecule has 2 aromatic rings. The maximum atomic E-state index is 4.46. The Kier molecular flexibility index (Phi) is 7.07. The summed E-state index contributed by atoms with van der Waals surface area (Å²) in [4.78, 5) is 10.8. The zero-order valence-electron chi connectivity index (χ0n) is 18.1. The molecule has 4 rings (SSSR count). The van der Waals surface area contributed by atoms with E-state index in [0.29, 0.717) is 12.0 Å². The average Bonchev–Trinajstić information content (AvgIpc) is 3.49. The van der Waals surface area contributed by atoms with Crippen LogP contribution < -0.4 is 15.5 Å². The van der Waals surface area contributed by atoms with Crippen LogP contribution in [-0.2, 0) is 6.54 Å². The van der Waals surface area contributed by atoms with Crippen molar-refractivity contribution in [1.29, 1.82) is 0 Å². The fourth-order valence-electron chi connectivity index (χ4n) is 4.57. The first-order chi connectivity index (χ1) is 14.7. The van der Waals surface area contributed by atoms with Gasteiger partial charge in [0.25, 0.3) is 0 Å². The van der Waals surface area contributed by atoms with Crippen molar-refractivity contribution >= 4 is 23.0 Å². The predicted molar refractivity (Wildman–Crippen MR) is 128 cm³/mol. The van der Waals surface area contributed by atoms with Crippen LogP contribution in [0.4, 0.5) is 5.69 Å². The number of nitrogens with zero attached hydrogens (tertiary/aromatic N) is 3. The number of hydrogen-bond donors (Lipinski definition) is 2. The van der Waals surface area contributed by atoms with Gasteiger partial charge < -0.3 is 15.5 Å². The Balaban J connectivity index is 1.32. The van der Waals surface area contributed by atoms with E-state index in [9.17, 15) is 0 Å². The van der Waals surface area contributed by atoms with Crippen molar-refractivity contribution in [3.8, 4) is 0 Å². The quantitative estimate of drug-likeness (QED) is 0.421. The highest BCUT2D eigenvalue weighted by Gasteiger charge is 2.31. The second kappa shape index (κ2) is 10.1. The smallest absolute Gasteiger partial charge is 0.191 e. The summed E-state index contributed by atoms with van der Waals surface area (Å²) < 4.78 is 0. The Morgan fingerprint density at radius 1 is 1.17 bits per heavy atom. The van der Waals surface area contributed by atoms with Gasteiger partial charge in [0.15, 0.2) is 5.96 Å². The van der Waals surface area contributed by atoms with Gasteiger partial charge in [-0.3, -0.25) is 9.89 Å². The molecule has 160 valence electrons. The van der Waals surface area contributed by atoms with Crippen molar-refractivity contribution in [2.45, 2.75) is 25.4 Å². The second-order valence-corrected chi connectivity index (χ2v) is 9.18. The Labute approximate surface area is 184 Å². The maximum absolute atomic E-state index is 4.46. The monoisotopic (exact) mass is 423 g/mol. The molecule has 6 heteroatoms. The van der Waals surface area contributed by atoms with Gasteiger partial charge in [0.05, 0.1) is 0 Å². The number of hydrogen-bond acceptors (Lipinski definition) is 4. The first-order valence-corrected chi connectivity index (χ1v) is 11.8. The first kappa shape index (κ1) is 20.9. The first-order valence-electron chi connectivity index (χ1n) is 10.9. The molecule has 2 unspecified atom stereocenters. The van der Waals surface area contributed by atoms with Crippen molar-refractivity contribution in [3.05, 3.63) is 64.4 Å². The fraction of sp³-hybridized carbons (Fsp3) is 0.458. The highest BCUT2D eigenvalue weighted by atomic mass is 32.1. The molecule has 0 aliphatic carbocycles. The minimum atomic E-state index is 0.495. The second-order valence-electron chi connectivity index (χ2n) is 8.20. The van der Waals surface area contributed by atoms with E-state index in [2.05, 4.69) is 86.4 Å². The number of guanidine groups is 1. The average molecular weight is 424 g/mol. The molecule has 5 nitrogen and oxygen atoms in total. The van der Waals surface area contributed by atoms with Crippen LogP contribution >= 0.6 is 11.3 Å². The van der Waals surface area contributed by atoms with E-state index < -0.39 is 0 Å². The molecule has 1 aromatic carbocycles. The Morgan fingerprint density at radius 2 is 2.03 bits per heavy atom. The summed E-state index contributed by atoms with van der Waals surface area (Å²) in [5.41, 5.74) is 2.56. The zero-order chi connectivity index (χ0) is 20.8. The summed E-state index contributed by atoms with van der Waals surface area (Å²) in [5.74, 6) is 1.47. The molecular formula is C24H33N5S. The van der Waals surface area contributed by atoms with Gasteiger partial charge in [0.2, 0.25) is 0 Å². The van der Waals surface area contributed by atoms with Gasteiger partial charge >= 0.3 is 0 Å². The molecule has 30 heavy (non-hydrogen) atoms. The largest absolute Gasteiger partial charge is 0.364 e. The van der Waals surface area contributed by atoms with Crippen molar-refractivity contribution in [2.24, 2.45) is 10.9 Å². The molecule has 1 fully saturated rings. The summed E-state index contributed by atoms with van der Waals surface area (Å²) in [7, 11) is 4.11. The number of rotatable bonds is 6. The molecule has 0 bridgehead atoms. The van der Waals surface area contributed by atoms with Crippen molar-refractivity contribution in [2.75, 3.05) is 45.2 Å². The lowest BCUT2D eigenvalue weighted by Gasteiger charge is -2.39. The summed E-state index contributed by atoms with van der Waals surface area (Å²) >= 11 is 1.87. The van der Waals surface area contributed by atoms with Crippen LogP contribution in [0.15, 0.2) is 58.9 Å². The van der Waals surface area contributed by atoms with Gasteiger partial charge in [-0.25, -0.2) is 0 Å². The summed E-state index contributed by atoms with van der Waals surface area (Å²) in [6.45, 7) is 4.89. The number of anilines is 1. The molecular weight excluding hydrogens is 390 g/mol. The van der Waals surface area contributed by atoms with Crippen LogP contribution in [0, 0.1) is 5.92 Å². The van der Waals surface area contributed by atoms with Gasteiger partial charge in [-0.15, -0.1) is 11.3 Å². The molecule has 1 saturated heterocycles. The van der Waals surface area contributed by atoms with Crippen LogP contribution in [-0.4, -0.2) is 51.1 Å². The van der Waals surface area contributed by atoms with Crippen molar-refractivity contribution < 1.29 is 0 Å². The summed E-state index contributed by atoms with van der Waals surface area (Å²) in [6, 6.07) is 13.7. The Bertz CT molecular complexity index is 852. The number of piperidine rings is 1. The van der Waals surface area contributed by atoms with Crippen LogP contribution in [0.3, 0.4) is 0 Å². The number of nitrogens with one attached hydrogen (secondary N) is 2. The van der Waals surface area contributed by atoms with Gasteiger partial charge in [-0.1, -0.05) is 30.4 Å². The highest BCUT2D eigenvalue weighted by molar-refractivity contribution is 7.10. The third kappa shape index (κ3) is 5.05. The number of aliphatic imine (C=N–C) groups is 1. The third-order valence-electron chi connectivity index (χ3n) is 6.15. The lowest BCUT2D eigenvalue weighted by Crippen LogP contribution is -2.44. The summed E-state index contributed by atoms with van der Waals surface area (Å²) in [5, 5.41) is 9.28. The lowest BCUT2D eigenvalue weighted by molar-refractivity contribution is 0.125. The van der Waals surface area contributed by atoms with E-state index in [1.807, 2.05) is 18.4 Å². The number of likely N-dealkylation sites (tertiary alicyclic amines) is 1. The van der Waals surface area contributed by atoms with Gasteiger partial charge in [-0.05, 0) is 61.5 Å². The van der Waals surface area contributed by atoms with Crippen LogP contribution in [0.2, 0.25) is 0 Å². The predicted octanol–water partition coefficient (Wildman–Crippen LogP) is 3.87. The fourth-order valence-corrected chi connectivity index (χ4v) is 5.55. The van der Waals surface area contributed by atoms with Crippen LogP contribution in [0.5, 0.6) is 0 Å². The SMILES string of the molecule is CN=C(NCc1cccc(N2CC=CC2)c1)NCC1CCCN(C)C1c1cccs1.